The van der Waals surface area contributed by atoms with E-state index in [1.54, 1.807) is 29.4 Å². The number of aliphatic hydroxyl groups is 1. The number of fused-ring (bicyclic) bond motifs is 2. The molecule has 9 heteroatoms. The molecule has 5 rings (SSSR count). The number of hydrogen-bond donors (Lipinski definition) is 3. The van der Waals surface area contributed by atoms with E-state index in [2.05, 4.69) is 27.8 Å². The molecule has 0 unspecified atom stereocenters. The quantitative estimate of drug-likeness (QED) is 0.420. The number of aromatic nitrogens is 1. The zero-order valence-electron chi connectivity index (χ0n) is 20.6. The summed E-state index contributed by atoms with van der Waals surface area (Å²) in [5, 5.41) is 17.0. The van der Waals surface area contributed by atoms with Crippen LogP contribution in [0, 0.1) is 0 Å². The van der Waals surface area contributed by atoms with Gasteiger partial charge in [0.25, 0.3) is 11.8 Å². The zero-order chi connectivity index (χ0) is 25.1. The first-order chi connectivity index (χ1) is 17.5. The number of ether oxygens (including phenoxy) is 1. The highest BCUT2D eigenvalue weighted by atomic mass is 35.5. The number of aliphatic hydroxyl groups excluding tert-OH is 1. The predicted molar refractivity (Wildman–Crippen MR) is 142 cm³/mol. The fourth-order valence-corrected chi connectivity index (χ4v) is 4.88. The molecule has 3 aromatic rings. The van der Waals surface area contributed by atoms with E-state index >= 15 is 0 Å². The van der Waals surface area contributed by atoms with E-state index in [1.807, 2.05) is 31.2 Å². The molecule has 0 bridgehead atoms. The van der Waals surface area contributed by atoms with Crippen molar-refractivity contribution in [3.8, 4) is 5.75 Å². The molecule has 1 aromatic heterocycles. The molecular formula is C28H31ClN4O4. The minimum Gasteiger partial charge on any atom is -0.493 e. The highest BCUT2D eigenvalue weighted by molar-refractivity contribution is 6.03. The van der Waals surface area contributed by atoms with Crippen molar-refractivity contribution in [3.05, 3.63) is 94.3 Å². The van der Waals surface area contributed by atoms with Crippen molar-refractivity contribution in [3.63, 3.8) is 0 Å². The fourth-order valence-electron chi connectivity index (χ4n) is 4.88. The molecule has 0 saturated heterocycles. The van der Waals surface area contributed by atoms with Crippen LogP contribution in [-0.2, 0) is 26.1 Å². The zero-order valence-corrected chi connectivity index (χ0v) is 21.5. The van der Waals surface area contributed by atoms with Crippen LogP contribution < -0.4 is 15.4 Å². The number of carbonyl (C=O) groups is 2. The molecule has 2 atom stereocenters. The molecule has 0 spiro atoms. The van der Waals surface area contributed by atoms with Gasteiger partial charge in [-0.1, -0.05) is 30.3 Å². The molecule has 3 heterocycles. The van der Waals surface area contributed by atoms with Gasteiger partial charge < -0.3 is 25.4 Å². The number of hydrogen-bond acceptors (Lipinski definition) is 6. The molecule has 0 aliphatic carbocycles. The molecule has 2 aliphatic heterocycles. The van der Waals surface area contributed by atoms with Gasteiger partial charge >= 0.3 is 0 Å². The van der Waals surface area contributed by atoms with Crippen LogP contribution in [-0.4, -0.2) is 52.1 Å². The maximum absolute atomic E-state index is 13.2. The number of nitrogens with zero attached hydrogens (tertiary/aromatic N) is 2. The molecule has 8 nitrogen and oxygen atoms in total. The maximum atomic E-state index is 13.2. The Labute approximate surface area is 222 Å². The second-order valence-corrected chi connectivity index (χ2v) is 9.20. The van der Waals surface area contributed by atoms with Crippen LogP contribution in [0.25, 0.3) is 0 Å². The van der Waals surface area contributed by atoms with E-state index in [0.29, 0.717) is 49.5 Å². The van der Waals surface area contributed by atoms with Crippen LogP contribution in [0.3, 0.4) is 0 Å². The Hall–Kier alpha value is -3.46. The molecule has 3 N–H and O–H groups in total. The lowest BCUT2D eigenvalue weighted by Crippen LogP contribution is -2.49. The molecule has 0 saturated carbocycles. The van der Waals surface area contributed by atoms with Crippen LogP contribution in [0.5, 0.6) is 5.75 Å². The summed E-state index contributed by atoms with van der Waals surface area (Å²) in [5.74, 6) is -0.0694. The molecule has 37 heavy (non-hydrogen) atoms. The Balaban J connectivity index is 0.00000320. The first-order valence-corrected chi connectivity index (χ1v) is 12.3. The lowest BCUT2D eigenvalue weighted by Gasteiger charge is -2.30. The molecular weight excluding hydrogens is 492 g/mol. The van der Waals surface area contributed by atoms with Crippen molar-refractivity contribution in [2.24, 2.45) is 0 Å². The summed E-state index contributed by atoms with van der Waals surface area (Å²) >= 11 is 0. The van der Waals surface area contributed by atoms with Crippen molar-refractivity contribution < 1.29 is 19.4 Å². The minimum absolute atomic E-state index is 0. The number of halogens is 1. The SMILES string of the molecule is CCOc1cc2c(cc1C(=O)NC[C@@H](O)[C@@H]1Cc3ccccc3CN1)CN(Cc1cccnc1)C2=O.Cl. The van der Waals surface area contributed by atoms with Crippen LogP contribution in [0.15, 0.2) is 60.9 Å². The van der Waals surface area contributed by atoms with Gasteiger partial charge in [0, 0.05) is 50.2 Å². The number of nitrogens with one attached hydrogen (secondary N) is 2. The normalized spacial score (nSPS) is 16.9. The fraction of sp³-hybridized carbons (Fsp3) is 0.321. The van der Waals surface area contributed by atoms with E-state index in [1.165, 1.54) is 11.1 Å². The third-order valence-electron chi connectivity index (χ3n) is 6.77. The van der Waals surface area contributed by atoms with E-state index < -0.39 is 6.10 Å². The number of rotatable bonds is 8. The third kappa shape index (κ3) is 5.77. The van der Waals surface area contributed by atoms with Crippen LogP contribution in [0.2, 0.25) is 0 Å². The van der Waals surface area contributed by atoms with Crippen molar-refractivity contribution >= 4 is 24.2 Å². The molecule has 0 fully saturated rings. The molecule has 2 amide bonds. The number of benzene rings is 2. The summed E-state index contributed by atoms with van der Waals surface area (Å²) in [6, 6.07) is 15.2. The summed E-state index contributed by atoms with van der Waals surface area (Å²) in [7, 11) is 0. The highest BCUT2D eigenvalue weighted by Crippen LogP contribution is 2.31. The predicted octanol–water partition coefficient (Wildman–Crippen LogP) is 2.86. The Bertz CT molecular complexity index is 1270. The van der Waals surface area contributed by atoms with E-state index in [0.717, 1.165) is 11.1 Å². The van der Waals surface area contributed by atoms with Gasteiger partial charge in [-0.3, -0.25) is 14.6 Å². The van der Waals surface area contributed by atoms with Gasteiger partial charge in [-0.2, -0.15) is 0 Å². The Kier molecular flexibility index (Phi) is 8.43. The van der Waals surface area contributed by atoms with Gasteiger partial charge in [-0.05, 0) is 53.8 Å². The van der Waals surface area contributed by atoms with Crippen molar-refractivity contribution in [1.29, 1.82) is 0 Å². The van der Waals surface area contributed by atoms with Gasteiger partial charge in [-0.15, -0.1) is 12.4 Å². The second kappa shape index (κ2) is 11.7. The monoisotopic (exact) mass is 522 g/mol. The van der Waals surface area contributed by atoms with Crippen LogP contribution in [0.4, 0.5) is 0 Å². The van der Waals surface area contributed by atoms with E-state index in [-0.39, 0.29) is 36.8 Å². The van der Waals surface area contributed by atoms with Crippen molar-refractivity contribution in [2.45, 2.75) is 45.1 Å². The van der Waals surface area contributed by atoms with E-state index in [9.17, 15) is 14.7 Å². The topological polar surface area (TPSA) is 104 Å². The summed E-state index contributed by atoms with van der Waals surface area (Å²) in [6.45, 7) is 3.84. The minimum atomic E-state index is -0.746. The maximum Gasteiger partial charge on any atom is 0.255 e. The highest BCUT2D eigenvalue weighted by Gasteiger charge is 2.31. The van der Waals surface area contributed by atoms with Crippen molar-refractivity contribution in [1.82, 2.24) is 20.5 Å². The number of pyridine rings is 1. The summed E-state index contributed by atoms with van der Waals surface area (Å²) < 4.78 is 5.73. The average molecular weight is 523 g/mol. The Morgan fingerprint density at radius 2 is 2.03 bits per heavy atom. The average Bonchev–Trinajstić information content (AvgIpc) is 3.21. The van der Waals surface area contributed by atoms with Crippen LogP contribution >= 0.6 is 12.4 Å². The Morgan fingerprint density at radius 1 is 1.22 bits per heavy atom. The second-order valence-electron chi connectivity index (χ2n) is 9.20. The largest absolute Gasteiger partial charge is 0.493 e. The first kappa shape index (κ1) is 26.6. The molecule has 2 aromatic carbocycles. The number of amides is 2. The van der Waals surface area contributed by atoms with Gasteiger partial charge in [0.2, 0.25) is 0 Å². The van der Waals surface area contributed by atoms with Gasteiger partial charge in [0.15, 0.2) is 0 Å². The van der Waals surface area contributed by atoms with Crippen molar-refractivity contribution in [2.75, 3.05) is 13.2 Å². The third-order valence-corrected chi connectivity index (χ3v) is 6.77. The first-order valence-electron chi connectivity index (χ1n) is 12.3. The Morgan fingerprint density at radius 3 is 2.78 bits per heavy atom. The molecule has 2 aliphatic rings. The van der Waals surface area contributed by atoms with Crippen LogP contribution in [0.1, 0.15) is 49.9 Å². The lowest BCUT2D eigenvalue weighted by atomic mass is 9.93. The summed E-state index contributed by atoms with van der Waals surface area (Å²) in [4.78, 5) is 32.0. The van der Waals surface area contributed by atoms with E-state index in [4.69, 9.17) is 4.74 Å². The van der Waals surface area contributed by atoms with Gasteiger partial charge in [0.05, 0.1) is 18.3 Å². The number of carbonyl (C=O) groups excluding carboxylic acids is 2. The van der Waals surface area contributed by atoms with Gasteiger partial charge in [0.1, 0.15) is 5.75 Å². The molecule has 194 valence electrons. The summed E-state index contributed by atoms with van der Waals surface area (Å²) in [5.41, 5.74) is 5.07. The smallest absolute Gasteiger partial charge is 0.255 e. The van der Waals surface area contributed by atoms with Gasteiger partial charge in [-0.25, -0.2) is 0 Å². The summed E-state index contributed by atoms with van der Waals surface area (Å²) in [6.07, 6.45) is 3.39. The standard InChI is InChI=1S/C28H30N4O4.ClH/c1-2-36-26-12-22-21(17-32(28(22)35)16-18-6-5-9-29-13-18)10-23(26)27(34)31-15-25(33)24-11-19-7-3-4-8-20(19)14-30-24;/h3-10,12-13,24-25,30,33H,2,11,14-17H2,1H3,(H,31,34);1H/t24-,25+;/m0./s1. The molecule has 0 radical (unpaired) electrons. The lowest BCUT2D eigenvalue weighted by molar-refractivity contribution is 0.0766.